The predicted molar refractivity (Wildman–Crippen MR) is 99.5 cm³/mol. The molecule has 2 rings (SSSR count). The smallest absolute Gasteiger partial charge is 0.400 e. The average molecular weight is 314 g/mol. The molecule has 23 heavy (non-hydrogen) atoms. The van der Waals surface area contributed by atoms with Crippen molar-refractivity contribution in [3.63, 3.8) is 0 Å². The highest BCUT2D eigenvalue weighted by atomic mass is 16.7. The third kappa shape index (κ3) is 4.48. The lowest BCUT2D eigenvalue weighted by Crippen LogP contribution is -2.41. The molecule has 1 atom stereocenters. The van der Waals surface area contributed by atoms with Crippen molar-refractivity contribution in [3.8, 4) is 0 Å². The fraction of sp³-hybridized carbons (Fsp3) is 0.600. The molecule has 1 fully saturated rings. The Kier molecular flexibility index (Phi) is 5.75. The molecule has 1 saturated heterocycles. The quantitative estimate of drug-likeness (QED) is 0.634. The number of rotatable bonds is 6. The number of unbranched alkanes of at least 4 members (excludes halogenated alkanes) is 1. The van der Waals surface area contributed by atoms with Gasteiger partial charge in [0, 0.05) is 0 Å². The lowest BCUT2D eigenvalue weighted by Gasteiger charge is -2.32. The summed E-state index contributed by atoms with van der Waals surface area (Å²) in [4.78, 5) is 0. The van der Waals surface area contributed by atoms with Gasteiger partial charge in [0.25, 0.3) is 0 Å². The summed E-state index contributed by atoms with van der Waals surface area (Å²) in [6.45, 7) is 12.9. The lowest BCUT2D eigenvalue weighted by molar-refractivity contribution is 0.00578. The molecule has 0 bridgehead atoms. The van der Waals surface area contributed by atoms with E-state index in [2.05, 4.69) is 71.9 Å². The van der Waals surface area contributed by atoms with Gasteiger partial charge < -0.3 is 9.31 Å². The van der Waals surface area contributed by atoms with E-state index in [0.717, 1.165) is 0 Å². The molecule has 0 spiro atoms. The Morgan fingerprint density at radius 1 is 1.04 bits per heavy atom. The second kappa shape index (κ2) is 7.23. The Morgan fingerprint density at radius 2 is 1.61 bits per heavy atom. The maximum atomic E-state index is 5.98. The maximum Gasteiger partial charge on any atom is 0.487 e. The molecule has 1 aromatic rings. The third-order valence-corrected chi connectivity index (χ3v) is 5.21. The van der Waals surface area contributed by atoms with Crippen LogP contribution in [0.15, 0.2) is 30.2 Å². The minimum absolute atomic E-state index is 0.275. The lowest BCUT2D eigenvalue weighted by atomic mass is 9.88. The van der Waals surface area contributed by atoms with Crippen LogP contribution in [0.5, 0.6) is 0 Å². The molecule has 126 valence electrons. The van der Waals surface area contributed by atoms with Gasteiger partial charge in [-0.2, -0.15) is 0 Å². The molecule has 0 aromatic heterocycles. The molecule has 2 nitrogen and oxygen atoms in total. The number of hydrogen-bond acceptors (Lipinski definition) is 2. The van der Waals surface area contributed by atoms with Gasteiger partial charge in [0.05, 0.1) is 11.2 Å². The first-order valence-corrected chi connectivity index (χ1v) is 8.89. The molecule has 1 aliphatic rings. The van der Waals surface area contributed by atoms with Crippen molar-refractivity contribution in [3.05, 3.63) is 41.4 Å². The molecule has 0 saturated carbocycles. The van der Waals surface area contributed by atoms with Crippen LogP contribution in [0, 0.1) is 0 Å². The first kappa shape index (κ1) is 18.3. The van der Waals surface area contributed by atoms with Crippen LogP contribution in [-0.4, -0.2) is 18.3 Å². The average Bonchev–Trinajstić information content (AvgIpc) is 2.71. The van der Waals surface area contributed by atoms with Crippen LogP contribution in [0.3, 0.4) is 0 Å². The van der Waals surface area contributed by atoms with Gasteiger partial charge in [0.1, 0.15) is 0 Å². The zero-order valence-corrected chi connectivity index (χ0v) is 15.6. The van der Waals surface area contributed by atoms with Crippen LogP contribution >= 0.6 is 0 Å². The molecule has 3 heteroatoms. The summed E-state index contributed by atoms with van der Waals surface area (Å²) in [6.07, 6.45) is 5.91. The fourth-order valence-electron chi connectivity index (χ4n) is 2.77. The van der Waals surface area contributed by atoms with E-state index in [9.17, 15) is 0 Å². The summed E-state index contributed by atoms with van der Waals surface area (Å²) in [5.41, 5.74) is 2.05. The summed E-state index contributed by atoms with van der Waals surface area (Å²) >= 11 is 0. The van der Waals surface area contributed by atoms with Crippen molar-refractivity contribution in [2.75, 3.05) is 0 Å². The Hall–Kier alpha value is -1.06. The third-order valence-electron chi connectivity index (χ3n) is 5.21. The second-order valence-electron chi connectivity index (χ2n) is 7.69. The minimum Gasteiger partial charge on any atom is -0.400 e. The monoisotopic (exact) mass is 314 g/mol. The van der Waals surface area contributed by atoms with E-state index in [1.807, 2.05) is 5.98 Å². The largest absolute Gasteiger partial charge is 0.487 e. The number of benzene rings is 1. The van der Waals surface area contributed by atoms with E-state index < -0.39 is 0 Å². The van der Waals surface area contributed by atoms with E-state index >= 15 is 0 Å². The predicted octanol–water partition coefficient (Wildman–Crippen LogP) is 5.62. The zero-order chi connectivity index (χ0) is 17.1. The topological polar surface area (TPSA) is 18.5 Å². The van der Waals surface area contributed by atoms with Crippen LogP contribution in [0.1, 0.15) is 77.8 Å². The van der Waals surface area contributed by atoms with Crippen molar-refractivity contribution < 1.29 is 9.31 Å². The Bertz CT molecular complexity index is 515. The Balaban J connectivity index is 1.96. The molecule has 1 heterocycles. The van der Waals surface area contributed by atoms with Crippen molar-refractivity contribution in [1.29, 1.82) is 0 Å². The van der Waals surface area contributed by atoms with Gasteiger partial charge in [-0.15, -0.1) is 0 Å². The zero-order valence-electron chi connectivity index (χ0n) is 15.6. The van der Waals surface area contributed by atoms with Crippen molar-refractivity contribution >= 4 is 13.2 Å². The highest BCUT2D eigenvalue weighted by Crippen LogP contribution is 2.37. The highest BCUT2D eigenvalue weighted by molar-refractivity contribution is 6.52. The summed E-state index contributed by atoms with van der Waals surface area (Å²) in [7, 11) is -0.275. The fourth-order valence-corrected chi connectivity index (χ4v) is 2.77. The maximum absolute atomic E-state index is 5.98. The first-order chi connectivity index (χ1) is 10.7. The van der Waals surface area contributed by atoms with Crippen LogP contribution < -0.4 is 0 Å². The molecular weight excluding hydrogens is 283 g/mol. The van der Waals surface area contributed by atoms with E-state index in [-0.39, 0.29) is 18.3 Å². The minimum atomic E-state index is -0.277. The normalized spacial score (nSPS) is 21.0. The van der Waals surface area contributed by atoms with Crippen LogP contribution in [0.2, 0.25) is 0 Å². The summed E-state index contributed by atoms with van der Waals surface area (Å²) in [5, 5.41) is 0. The van der Waals surface area contributed by atoms with Gasteiger partial charge in [0.2, 0.25) is 0 Å². The van der Waals surface area contributed by atoms with Gasteiger partial charge in [-0.1, -0.05) is 63.0 Å². The van der Waals surface area contributed by atoms with Gasteiger partial charge in [0.15, 0.2) is 0 Å². The second-order valence-corrected chi connectivity index (χ2v) is 7.69. The molecule has 0 aliphatic carbocycles. The summed E-state index contributed by atoms with van der Waals surface area (Å²) < 4.78 is 12.0. The Labute approximate surface area is 142 Å². The van der Waals surface area contributed by atoms with Crippen molar-refractivity contribution in [2.45, 2.75) is 77.9 Å². The number of hydrogen-bond donors (Lipinski definition) is 0. The van der Waals surface area contributed by atoms with Crippen LogP contribution in [-0.2, 0) is 9.31 Å². The van der Waals surface area contributed by atoms with Crippen LogP contribution in [0.4, 0.5) is 0 Å². The van der Waals surface area contributed by atoms with E-state index in [1.54, 1.807) is 0 Å². The highest BCUT2D eigenvalue weighted by Gasteiger charge is 2.49. The van der Waals surface area contributed by atoms with E-state index in [0.29, 0.717) is 5.92 Å². The van der Waals surface area contributed by atoms with Crippen LogP contribution in [0.25, 0.3) is 6.08 Å². The van der Waals surface area contributed by atoms with Gasteiger partial charge in [-0.25, -0.2) is 0 Å². The van der Waals surface area contributed by atoms with Crippen molar-refractivity contribution in [2.24, 2.45) is 0 Å². The molecule has 1 unspecified atom stereocenters. The van der Waals surface area contributed by atoms with Gasteiger partial charge in [-0.3, -0.25) is 0 Å². The standard InChI is InChI=1S/C20H31BO2/c1-7-8-9-16(2)18-12-10-17(11-13-18)14-15-21-22-19(3,4)20(5,6)23-21/h10-16H,7-9H2,1-6H3. The van der Waals surface area contributed by atoms with Gasteiger partial charge in [-0.05, 0) is 51.2 Å². The summed E-state index contributed by atoms with van der Waals surface area (Å²) in [6, 6.07) is 8.84. The first-order valence-electron chi connectivity index (χ1n) is 8.89. The van der Waals surface area contributed by atoms with Crippen molar-refractivity contribution in [1.82, 2.24) is 0 Å². The van der Waals surface area contributed by atoms with E-state index in [1.165, 1.54) is 30.4 Å². The van der Waals surface area contributed by atoms with E-state index in [4.69, 9.17) is 9.31 Å². The molecule has 1 aromatic carbocycles. The molecule has 0 amide bonds. The molecule has 0 N–H and O–H groups in total. The molecular formula is C20H31BO2. The Morgan fingerprint density at radius 3 is 2.13 bits per heavy atom. The molecule has 0 radical (unpaired) electrons. The SMILES string of the molecule is CCCCC(C)c1ccc(C=CB2OC(C)(C)C(C)(C)O2)cc1. The molecule has 1 aliphatic heterocycles. The van der Waals surface area contributed by atoms with Gasteiger partial charge >= 0.3 is 7.12 Å². The summed E-state index contributed by atoms with van der Waals surface area (Å²) in [5.74, 6) is 2.64.